The second-order valence-electron chi connectivity index (χ2n) is 5.53. The van der Waals surface area contributed by atoms with Gasteiger partial charge in [-0.15, -0.1) is 0 Å². The number of hydrogen-bond acceptors (Lipinski definition) is 5. The van der Waals surface area contributed by atoms with E-state index < -0.39 is 5.91 Å². The number of carbonyl (C=O) groups excluding carboxylic acids is 2. The summed E-state index contributed by atoms with van der Waals surface area (Å²) in [6.07, 6.45) is 1.64. The Hall–Kier alpha value is -2.15. The number of hydrogen-bond donors (Lipinski definition) is 1. The zero-order valence-electron chi connectivity index (χ0n) is 14.3. The third-order valence-corrected chi connectivity index (χ3v) is 5.14. The average molecular weight is 424 g/mol. The van der Waals surface area contributed by atoms with Gasteiger partial charge < -0.3 is 9.47 Å². The number of amides is 2. The van der Waals surface area contributed by atoms with Gasteiger partial charge in [0, 0.05) is 0 Å². The van der Waals surface area contributed by atoms with Crippen molar-refractivity contribution in [2.75, 3.05) is 6.61 Å². The fraction of sp³-hybridized carbons (Fsp3) is 0.158. The first-order valence-corrected chi connectivity index (χ1v) is 9.62. The molecule has 1 saturated heterocycles. The summed E-state index contributed by atoms with van der Waals surface area (Å²) < 4.78 is 11.5. The zero-order chi connectivity index (χ0) is 19.4. The van der Waals surface area contributed by atoms with E-state index in [0.717, 1.165) is 22.9 Å². The van der Waals surface area contributed by atoms with Crippen LogP contribution in [0.5, 0.6) is 11.5 Å². The third-order valence-electron chi connectivity index (χ3n) is 3.59. The van der Waals surface area contributed by atoms with Crippen molar-refractivity contribution in [2.45, 2.75) is 13.5 Å². The van der Waals surface area contributed by atoms with E-state index in [-0.39, 0.29) is 5.24 Å². The van der Waals surface area contributed by atoms with Crippen LogP contribution in [-0.2, 0) is 11.4 Å². The first-order chi connectivity index (χ1) is 13.0. The lowest BCUT2D eigenvalue weighted by Crippen LogP contribution is -2.17. The Kier molecular flexibility index (Phi) is 6.31. The smallest absolute Gasteiger partial charge is 0.290 e. The molecule has 0 saturated carbocycles. The predicted octanol–water partition coefficient (Wildman–Crippen LogP) is 5.30. The van der Waals surface area contributed by atoms with Gasteiger partial charge in [-0.2, -0.15) is 0 Å². The maximum absolute atomic E-state index is 11.7. The molecular weight excluding hydrogens is 409 g/mol. The summed E-state index contributed by atoms with van der Waals surface area (Å²) >= 11 is 12.8. The van der Waals surface area contributed by atoms with Crippen LogP contribution in [0.4, 0.5) is 4.79 Å². The molecule has 8 heteroatoms. The lowest BCUT2D eigenvalue weighted by molar-refractivity contribution is -0.115. The molecule has 2 aromatic rings. The fourth-order valence-electron chi connectivity index (χ4n) is 2.36. The summed E-state index contributed by atoms with van der Waals surface area (Å²) in [6, 6.07) is 10.6. The lowest BCUT2D eigenvalue weighted by Gasteiger charge is -2.13. The summed E-state index contributed by atoms with van der Waals surface area (Å²) in [4.78, 5) is 23.3. The van der Waals surface area contributed by atoms with Gasteiger partial charge in [-0.25, -0.2) is 0 Å². The van der Waals surface area contributed by atoms with E-state index in [1.165, 1.54) is 0 Å². The summed E-state index contributed by atoms with van der Waals surface area (Å²) in [7, 11) is 0. The number of imide groups is 1. The molecule has 1 fully saturated rings. The Labute approximate surface area is 170 Å². The van der Waals surface area contributed by atoms with E-state index in [4.69, 9.17) is 32.7 Å². The van der Waals surface area contributed by atoms with Gasteiger partial charge in [0.05, 0.1) is 21.6 Å². The molecule has 0 unspecified atom stereocenters. The molecule has 27 heavy (non-hydrogen) atoms. The van der Waals surface area contributed by atoms with Crippen LogP contribution in [0.15, 0.2) is 41.3 Å². The minimum Gasteiger partial charge on any atom is -0.490 e. The van der Waals surface area contributed by atoms with Crippen molar-refractivity contribution in [3.63, 3.8) is 0 Å². The third kappa shape index (κ3) is 4.97. The highest BCUT2D eigenvalue weighted by Crippen LogP contribution is 2.32. The van der Waals surface area contributed by atoms with Crippen molar-refractivity contribution in [2.24, 2.45) is 0 Å². The van der Waals surface area contributed by atoms with Gasteiger partial charge >= 0.3 is 0 Å². The molecule has 1 aliphatic rings. The van der Waals surface area contributed by atoms with Gasteiger partial charge in [-0.05, 0) is 60.2 Å². The molecule has 3 rings (SSSR count). The molecular formula is C19H15Cl2NO4S. The second kappa shape index (κ2) is 8.69. The van der Waals surface area contributed by atoms with E-state index in [1.54, 1.807) is 36.4 Å². The van der Waals surface area contributed by atoms with Gasteiger partial charge in [0.25, 0.3) is 11.1 Å². The summed E-state index contributed by atoms with van der Waals surface area (Å²) in [6.45, 7) is 2.62. The first-order valence-electron chi connectivity index (χ1n) is 8.04. The molecule has 1 heterocycles. The highest BCUT2D eigenvalue weighted by molar-refractivity contribution is 8.18. The van der Waals surface area contributed by atoms with Crippen molar-refractivity contribution in [3.05, 3.63) is 62.5 Å². The van der Waals surface area contributed by atoms with Gasteiger partial charge in [0.2, 0.25) is 0 Å². The van der Waals surface area contributed by atoms with Gasteiger partial charge in [-0.1, -0.05) is 35.3 Å². The van der Waals surface area contributed by atoms with Gasteiger partial charge in [0.15, 0.2) is 11.5 Å². The van der Waals surface area contributed by atoms with Crippen LogP contribution < -0.4 is 14.8 Å². The SMILES string of the molecule is CCOc1cc(/C=C2\SC(=O)NC2=O)ccc1OCc1ccc(Cl)c(Cl)c1. The summed E-state index contributed by atoms with van der Waals surface area (Å²) in [5, 5.41) is 2.80. The highest BCUT2D eigenvalue weighted by atomic mass is 35.5. The number of carbonyl (C=O) groups is 2. The minimum atomic E-state index is -0.400. The van der Waals surface area contributed by atoms with Crippen molar-refractivity contribution in [1.82, 2.24) is 5.32 Å². The topological polar surface area (TPSA) is 64.6 Å². The van der Waals surface area contributed by atoms with Crippen molar-refractivity contribution < 1.29 is 19.1 Å². The Balaban J connectivity index is 1.79. The number of ether oxygens (including phenoxy) is 2. The number of halogens is 2. The molecule has 0 radical (unpaired) electrons. The first kappa shape index (κ1) is 19.6. The van der Waals surface area contributed by atoms with E-state index in [2.05, 4.69) is 5.32 Å². The molecule has 140 valence electrons. The number of rotatable bonds is 6. The normalized spacial score (nSPS) is 15.1. The van der Waals surface area contributed by atoms with E-state index in [1.807, 2.05) is 13.0 Å². The second-order valence-corrected chi connectivity index (χ2v) is 7.36. The van der Waals surface area contributed by atoms with Gasteiger partial charge in [-0.3, -0.25) is 14.9 Å². The van der Waals surface area contributed by atoms with E-state index >= 15 is 0 Å². The Morgan fingerprint density at radius 3 is 2.52 bits per heavy atom. The molecule has 2 amide bonds. The van der Waals surface area contributed by atoms with E-state index in [0.29, 0.717) is 39.7 Å². The molecule has 0 atom stereocenters. The van der Waals surface area contributed by atoms with Crippen LogP contribution in [0.2, 0.25) is 10.0 Å². The predicted molar refractivity (Wildman–Crippen MR) is 108 cm³/mol. The van der Waals surface area contributed by atoms with Crippen LogP contribution in [0.25, 0.3) is 6.08 Å². The molecule has 2 aromatic carbocycles. The summed E-state index contributed by atoms with van der Waals surface area (Å²) in [5.74, 6) is 0.703. The monoisotopic (exact) mass is 423 g/mol. The minimum absolute atomic E-state index is 0.296. The maximum Gasteiger partial charge on any atom is 0.290 e. The van der Waals surface area contributed by atoms with Gasteiger partial charge in [0.1, 0.15) is 6.61 Å². The van der Waals surface area contributed by atoms with Crippen LogP contribution in [-0.4, -0.2) is 17.8 Å². The molecule has 0 aliphatic carbocycles. The average Bonchev–Trinajstić information content (AvgIpc) is 2.94. The fourth-order valence-corrected chi connectivity index (χ4v) is 3.37. The Morgan fingerprint density at radius 1 is 1.04 bits per heavy atom. The molecule has 0 spiro atoms. The number of thioether (sulfide) groups is 1. The molecule has 1 aliphatic heterocycles. The van der Waals surface area contributed by atoms with Crippen molar-refractivity contribution >= 4 is 52.2 Å². The van der Waals surface area contributed by atoms with Crippen molar-refractivity contribution in [1.29, 1.82) is 0 Å². The van der Waals surface area contributed by atoms with Crippen molar-refractivity contribution in [3.8, 4) is 11.5 Å². The standard InChI is InChI=1S/C19H15Cl2NO4S/c1-2-25-16-8-11(9-17-18(23)22-19(24)27-17)4-6-15(16)26-10-12-3-5-13(20)14(21)7-12/h3-9H,2,10H2,1H3,(H,22,23,24)/b17-9-. The quantitative estimate of drug-likeness (QED) is 0.638. The number of nitrogens with one attached hydrogen (secondary N) is 1. The summed E-state index contributed by atoms with van der Waals surface area (Å²) in [5.41, 5.74) is 1.60. The number of benzene rings is 2. The largest absolute Gasteiger partial charge is 0.490 e. The van der Waals surface area contributed by atoms with Crippen LogP contribution in [0.1, 0.15) is 18.1 Å². The highest BCUT2D eigenvalue weighted by Gasteiger charge is 2.25. The molecule has 0 aromatic heterocycles. The Morgan fingerprint density at radius 2 is 1.85 bits per heavy atom. The molecule has 5 nitrogen and oxygen atoms in total. The molecule has 0 bridgehead atoms. The maximum atomic E-state index is 11.7. The van der Waals surface area contributed by atoms with Crippen LogP contribution in [0, 0.1) is 0 Å². The zero-order valence-corrected chi connectivity index (χ0v) is 16.6. The van der Waals surface area contributed by atoms with Crippen LogP contribution >= 0.6 is 35.0 Å². The Bertz CT molecular complexity index is 930. The van der Waals surface area contributed by atoms with E-state index in [9.17, 15) is 9.59 Å². The van der Waals surface area contributed by atoms with Crippen LogP contribution in [0.3, 0.4) is 0 Å². The lowest BCUT2D eigenvalue weighted by atomic mass is 10.2. The molecule has 1 N–H and O–H groups in total.